The Kier molecular flexibility index (Phi) is 7.25. The van der Waals surface area contributed by atoms with Crippen molar-refractivity contribution in [3.8, 4) is 0 Å². The number of carbonyl (C=O) groups is 3. The molecule has 0 bridgehead atoms. The van der Waals surface area contributed by atoms with Crippen LogP contribution in [0, 0.1) is 5.82 Å². The van der Waals surface area contributed by atoms with Crippen molar-refractivity contribution in [1.29, 1.82) is 0 Å². The minimum absolute atomic E-state index is 0.253. The minimum atomic E-state index is -0.931. The van der Waals surface area contributed by atoms with Gasteiger partial charge in [-0.3, -0.25) is 9.59 Å². The fraction of sp³-hybridized carbons (Fsp3) is 0.150. The molecule has 0 aromatic heterocycles. The normalized spacial score (nSPS) is 11.6. The van der Waals surface area contributed by atoms with Gasteiger partial charge in [0.25, 0.3) is 5.91 Å². The van der Waals surface area contributed by atoms with Crippen LogP contribution in [0.4, 0.5) is 10.1 Å². The fourth-order valence-electron chi connectivity index (χ4n) is 2.08. The number of carbonyl (C=O) groups excluding carboxylic acids is 3. The molecule has 0 saturated heterocycles. The summed E-state index contributed by atoms with van der Waals surface area (Å²) in [5.41, 5.74) is 1.10. The molecule has 0 spiro atoms. The van der Waals surface area contributed by atoms with E-state index in [4.69, 9.17) is 4.74 Å². The van der Waals surface area contributed by atoms with Crippen LogP contribution in [0.2, 0.25) is 0 Å². The number of amides is 2. The Morgan fingerprint density at radius 1 is 1.11 bits per heavy atom. The van der Waals surface area contributed by atoms with Gasteiger partial charge in [-0.05, 0) is 36.8 Å². The van der Waals surface area contributed by atoms with Gasteiger partial charge in [0.05, 0.1) is 0 Å². The molecule has 0 fully saturated rings. The number of rotatable bonds is 7. The summed E-state index contributed by atoms with van der Waals surface area (Å²) in [6.07, 6.45) is 2.91. The number of esters is 1. The Morgan fingerprint density at radius 3 is 2.56 bits per heavy atom. The third-order valence-corrected chi connectivity index (χ3v) is 3.39. The van der Waals surface area contributed by atoms with Crippen molar-refractivity contribution < 1.29 is 23.5 Å². The molecule has 2 aromatic rings. The van der Waals surface area contributed by atoms with Gasteiger partial charge in [0.15, 0.2) is 6.61 Å². The lowest BCUT2D eigenvalue weighted by atomic mass is 10.2. The van der Waals surface area contributed by atoms with E-state index in [1.165, 1.54) is 31.2 Å². The van der Waals surface area contributed by atoms with Gasteiger partial charge >= 0.3 is 5.97 Å². The summed E-state index contributed by atoms with van der Waals surface area (Å²) < 4.78 is 17.9. The molecule has 2 aromatic carbocycles. The van der Waals surface area contributed by atoms with E-state index >= 15 is 0 Å². The summed E-state index contributed by atoms with van der Waals surface area (Å²) in [5, 5.41) is 4.85. The highest BCUT2D eigenvalue weighted by Crippen LogP contribution is 2.08. The molecule has 140 valence electrons. The van der Waals surface area contributed by atoms with Gasteiger partial charge in [0.1, 0.15) is 11.9 Å². The van der Waals surface area contributed by atoms with Crippen LogP contribution in [-0.4, -0.2) is 30.4 Å². The van der Waals surface area contributed by atoms with Crippen LogP contribution >= 0.6 is 0 Å². The highest BCUT2D eigenvalue weighted by atomic mass is 19.1. The summed E-state index contributed by atoms with van der Waals surface area (Å²) in [6.45, 7) is 0.899. The number of benzene rings is 2. The largest absolute Gasteiger partial charge is 0.454 e. The van der Waals surface area contributed by atoms with Gasteiger partial charge in [0.2, 0.25) is 5.91 Å². The zero-order chi connectivity index (χ0) is 19.6. The maximum Gasteiger partial charge on any atom is 0.328 e. The molecule has 0 aliphatic heterocycles. The molecule has 0 radical (unpaired) electrons. The van der Waals surface area contributed by atoms with E-state index in [0.29, 0.717) is 0 Å². The predicted molar refractivity (Wildman–Crippen MR) is 99.1 cm³/mol. The van der Waals surface area contributed by atoms with Crippen molar-refractivity contribution in [2.75, 3.05) is 11.9 Å². The number of nitrogens with one attached hydrogen (secondary N) is 2. The standard InChI is InChI=1S/C20H19FN2O4/c1-14(22-18(24)11-10-15-6-3-2-4-7-15)20(26)27-13-19(25)23-17-9-5-8-16(21)12-17/h2-12,14H,13H2,1H3,(H,22,24)(H,23,25)/b11-10+/t14-/m0/s1. The third-order valence-electron chi connectivity index (χ3n) is 3.39. The van der Waals surface area contributed by atoms with E-state index in [-0.39, 0.29) is 5.69 Å². The van der Waals surface area contributed by atoms with Crippen molar-refractivity contribution >= 4 is 29.5 Å². The lowest BCUT2D eigenvalue weighted by molar-refractivity contribution is -0.149. The van der Waals surface area contributed by atoms with Crippen molar-refractivity contribution in [3.63, 3.8) is 0 Å². The van der Waals surface area contributed by atoms with E-state index in [0.717, 1.165) is 11.6 Å². The second kappa shape index (κ2) is 9.86. The average molecular weight is 370 g/mol. The Labute approximate surface area is 156 Å². The Hall–Kier alpha value is -3.48. The van der Waals surface area contributed by atoms with Gasteiger partial charge in [-0.1, -0.05) is 36.4 Å². The van der Waals surface area contributed by atoms with Crippen LogP contribution in [-0.2, 0) is 19.1 Å². The van der Waals surface area contributed by atoms with Gasteiger partial charge in [-0.25, -0.2) is 9.18 Å². The Bertz CT molecular complexity index is 837. The summed E-state index contributed by atoms with van der Waals surface area (Å²) in [5.74, 6) is -2.33. The maximum absolute atomic E-state index is 13.0. The van der Waals surface area contributed by atoms with Gasteiger partial charge in [-0.15, -0.1) is 0 Å². The molecule has 2 N–H and O–H groups in total. The zero-order valence-corrected chi connectivity index (χ0v) is 14.6. The molecule has 0 heterocycles. The SMILES string of the molecule is C[C@H](NC(=O)/C=C/c1ccccc1)C(=O)OCC(=O)Nc1cccc(F)c1. The predicted octanol–water partition coefficient (Wildman–Crippen LogP) is 2.53. The van der Waals surface area contributed by atoms with Crippen LogP contribution in [0.5, 0.6) is 0 Å². The first-order chi connectivity index (χ1) is 12.9. The first-order valence-electron chi connectivity index (χ1n) is 8.20. The Morgan fingerprint density at radius 2 is 1.85 bits per heavy atom. The monoisotopic (exact) mass is 370 g/mol. The lowest BCUT2D eigenvalue weighted by Crippen LogP contribution is -2.39. The number of hydrogen-bond donors (Lipinski definition) is 2. The number of hydrogen-bond acceptors (Lipinski definition) is 4. The first kappa shape index (κ1) is 19.8. The van der Waals surface area contributed by atoms with E-state index in [2.05, 4.69) is 10.6 Å². The van der Waals surface area contributed by atoms with E-state index in [1.54, 1.807) is 6.08 Å². The van der Waals surface area contributed by atoms with Crippen LogP contribution in [0.1, 0.15) is 12.5 Å². The number of ether oxygens (including phenoxy) is 1. The summed E-state index contributed by atoms with van der Waals surface area (Å²) >= 11 is 0. The molecule has 6 nitrogen and oxygen atoms in total. The van der Waals surface area contributed by atoms with Crippen LogP contribution in [0.25, 0.3) is 6.08 Å². The van der Waals surface area contributed by atoms with Gasteiger partial charge in [0, 0.05) is 11.8 Å². The molecular weight excluding hydrogens is 351 g/mol. The van der Waals surface area contributed by atoms with Crippen molar-refractivity contribution in [1.82, 2.24) is 5.32 Å². The molecule has 27 heavy (non-hydrogen) atoms. The Balaban J connectivity index is 1.75. The zero-order valence-electron chi connectivity index (χ0n) is 14.6. The van der Waals surface area contributed by atoms with Crippen molar-refractivity contribution in [2.24, 2.45) is 0 Å². The molecule has 2 rings (SSSR count). The molecule has 0 aliphatic rings. The highest BCUT2D eigenvalue weighted by molar-refractivity contribution is 5.95. The minimum Gasteiger partial charge on any atom is -0.454 e. The second-order valence-corrected chi connectivity index (χ2v) is 5.64. The van der Waals surface area contributed by atoms with Crippen LogP contribution in [0.15, 0.2) is 60.7 Å². The molecule has 7 heteroatoms. The molecule has 0 aliphatic carbocycles. The lowest BCUT2D eigenvalue weighted by Gasteiger charge is -2.12. The summed E-state index contributed by atoms with van der Waals surface area (Å²) in [7, 11) is 0. The highest BCUT2D eigenvalue weighted by Gasteiger charge is 2.17. The third kappa shape index (κ3) is 7.11. The topological polar surface area (TPSA) is 84.5 Å². The van der Waals surface area contributed by atoms with E-state index in [9.17, 15) is 18.8 Å². The smallest absolute Gasteiger partial charge is 0.328 e. The van der Waals surface area contributed by atoms with Gasteiger partial charge in [-0.2, -0.15) is 0 Å². The van der Waals surface area contributed by atoms with Crippen molar-refractivity contribution in [3.05, 3.63) is 72.1 Å². The first-order valence-corrected chi connectivity index (χ1v) is 8.20. The summed E-state index contributed by atoms with van der Waals surface area (Å²) in [4.78, 5) is 35.4. The molecular formula is C20H19FN2O4. The molecule has 0 saturated carbocycles. The van der Waals surface area contributed by atoms with Gasteiger partial charge < -0.3 is 15.4 Å². The fourth-order valence-corrected chi connectivity index (χ4v) is 2.08. The number of anilines is 1. The number of halogens is 1. The molecule has 0 unspecified atom stereocenters. The van der Waals surface area contributed by atoms with Crippen LogP contribution < -0.4 is 10.6 Å². The van der Waals surface area contributed by atoms with Crippen LogP contribution in [0.3, 0.4) is 0 Å². The van der Waals surface area contributed by atoms with E-state index < -0.39 is 36.2 Å². The quantitative estimate of drug-likeness (QED) is 0.579. The van der Waals surface area contributed by atoms with E-state index in [1.807, 2.05) is 30.3 Å². The molecule has 1 atom stereocenters. The summed E-state index contributed by atoms with van der Waals surface area (Å²) in [6, 6.07) is 13.6. The second-order valence-electron chi connectivity index (χ2n) is 5.64. The average Bonchev–Trinajstić information content (AvgIpc) is 2.65. The van der Waals surface area contributed by atoms with Crippen molar-refractivity contribution in [2.45, 2.75) is 13.0 Å². The maximum atomic E-state index is 13.0. The molecule has 2 amide bonds.